The third-order valence-corrected chi connectivity index (χ3v) is 4.32. The van der Waals surface area contributed by atoms with Gasteiger partial charge < -0.3 is 15.4 Å². The van der Waals surface area contributed by atoms with Crippen molar-refractivity contribution in [3.05, 3.63) is 0 Å². The third-order valence-electron chi connectivity index (χ3n) is 4.32. The van der Waals surface area contributed by atoms with Gasteiger partial charge in [0.05, 0.1) is 13.2 Å². The first kappa shape index (κ1) is 13.3. The first-order valence-electron chi connectivity index (χ1n) is 7.06. The van der Waals surface area contributed by atoms with E-state index in [0.29, 0.717) is 5.92 Å². The number of nitrogens with two attached hydrogens (primary N) is 1. The molecule has 4 nitrogen and oxygen atoms in total. The van der Waals surface area contributed by atoms with Gasteiger partial charge in [0, 0.05) is 26.2 Å². The fourth-order valence-corrected chi connectivity index (χ4v) is 3.07. The Kier molecular flexibility index (Phi) is 5.22. The minimum absolute atomic E-state index is 0.671. The number of hydrogen-bond acceptors (Lipinski definition) is 4. The van der Waals surface area contributed by atoms with Crippen LogP contribution in [0.25, 0.3) is 0 Å². The molecule has 0 aromatic rings. The molecule has 2 unspecified atom stereocenters. The predicted octanol–water partition coefficient (Wildman–Crippen LogP) is 0.235. The molecule has 0 aliphatic carbocycles. The lowest BCUT2D eigenvalue weighted by molar-refractivity contribution is 0.0268. The summed E-state index contributed by atoms with van der Waals surface area (Å²) < 4.78 is 5.39. The van der Waals surface area contributed by atoms with E-state index in [4.69, 9.17) is 10.5 Å². The van der Waals surface area contributed by atoms with Crippen LogP contribution >= 0.6 is 0 Å². The maximum absolute atomic E-state index is 5.98. The van der Waals surface area contributed by atoms with E-state index in [1.807, 2.05) is 0 Å². The predicted molar refractivity (Wildman–Crippen MR) is 70.0 cm³/mol. The normalized spacial score (nSPS) is 29.6. The van der Waals surface area contributed by atoms with Crippen LogP contribution < -0.4 is 5.73 Å². The zero-order valence-electron chi connectivity index (χ0n) is 11.1. The molecule has 0 radical (unpaired) electrons. The van der Waals surface area contributed by atoms with Gasteiger partial charge >= 0.3 is 0 Å². The van der Waals surface area contributed by atoms with Gasteiger partial charge in [-0.2, -0.15) is 0 Å². The van der Waals surface area contributed by atoms with Gasteiger partial charge in [-0.1, -0.05) is 6.92 Å². The van der Waals surface area contributed by atoms with E-state index in [-0.39, 0.29) is 0 Å². The second kappa shape index (κ2) is 6.69. The molecule has 4 heteroatoms. The molecule has 0 aromatic carbocycles. The van der Waals surface area contributed by atoms with Crippen LogP contribution in [0.4, 0.5) is 0 Å². The van der Waals surface area contributed by atoms with Crippen LogP contribution in [0.5, 0.6) is 0 Å². The number of hydrogen-bond donors (Lipinski definition) is 1. The monoisotopic (exact) mass is 241 g/mol. The van der Waals surface area contributed by atoms with Crippen molar-refractivity contribution in [2.24, 2.45) is 17.6 Å². The van der Waals surface area contributed by atoms with Crippen molar-refractivity contribution in [1.82, 2.24) is 9.80 Å². The van der Waals surface area contributed by atoms with E-state index in [9.17, 15) is 0 Å². The molecular weight excluding hydrogens is 214 g/mol. The van der Waals surface area contributed by atoms with Gasteiger partial charge in [0.15, 0.2) is 0 Å². The smallest absolute Gasteiger partial charge is 0.0594 e. The molecule has 2 N–H and O–H groups in total. The Morgan fingerprint density at radius 1 is 1.24 bits per heavy atom. The first-order chi connectivity index (χ1) is 8.33. The lowest BCUT2D eigenvalue weighted by atomic mass is 9.91. The summed E-state index contributed by atoms with van der Waals surface area (Å²) in [6.45, 7) is 11.9. The zero-order chi connectivity index (χ0) is 12.1. The Morgan fingerprint density at radius 3 is 2.59 bits per heavy atom. The molecule has 2 fully saturated rings. The number of rotatable bonds is 5. The second-order valence-corrected chi connectivity index (χ2v) is 5.35. The number of likely N-dealkylation sites (tertiary alicyclic amines) is 1. The Bertz CT molecular complexity index is 219. The van der Waals surface area contributed by atoms with E-state index in [1.165, 1.54) is 32.6 Å². The summed E-state index contributed by atoms with van der Waals surface area (Å²) in [7, 11) is 0. The minimum atomic E-state index is 0.671. The van der Waals surface area contributed by atoms with Crippen LogP contribution in [0.1, 0.15) is 13.3 Å². The number of morpholine rings is 1. The molecule has 0 amide bonds. The van der Waals surface area contributed by atoms with E-state index in [2.05, 4.69) is 16.7 Å². The standard InChI is InChI=1S/C13H27N3O/c1-2-15-4-3-12(10-15)13(9-14)11-16-5-7-17-8-6-16/h12-13H,2-11,14H2,1H3. The molecular formula is C13H27N3O. The van der Waals surface area contributed by atoms with Crippen LogP contribution in [0.15, 0.2) is 0 Å². The van der Waals surface area contributed by atoms with Gasteiger partial charge in [0.2, 0.25) is 0 Å². The molecule has 2 aliphatic rings. The topological polar surface area (TPSA) is 41.7 Å². The lowest BCUT2D eigenvalue weighted by Crippen LogP contribution is -2.43. The van der Waals surface area contributed by atoms with Crippen molar-refractivity contribution in [2.75, 3.05) is 59.0 Å². The van der Waals surface area contributed by atoms with Crippen LogP contribution in [-0.2, 0) is 4.74 Å². The average Bonchev–Trinajstić information content (AvgIpc) is 2.86. The summed E-state index contributed by atoms with van der Waals surface area (Å²) in [6, 6.07) is 0. The molecule has 0 saturated carbocycles. The highest BCUT2D eigenvalue weighted by molar-refractivity contribution is 4.83. The van der Waals surface area contributed by atoms with Crippen molar-refractivity contribution < 1.29 is 4.74 Å². The van der Waals surface area contributed by atoms with Crippen LogP contribution in [0, 0.1) is 11.8 Å². The SMILES string of the molecule is CCN1CCC(C(CN)CN2CCOCC2)C1. The summed E-state index contributed by atoms with van der Waals surface area (Å²) in [5.74, 6) is 1.48. The van der Waals surface area contributed by atoms with E-state index >= 15 is 0 Å². The fourth-order valence-electron chi connectivity index (χ4n) is 3.07. The Balaban J connectivity index is 1.79. The van der Waals surface area contributed by atoms with E-state index in [1.54, 1.807) is 0 Å². The van der Waals surface area contributed by atoms with Crippen LogP contribution in [-0.4, -0.2) is 68.8 Å². The Morgan fingerprint density at radius 2 is 2.00 bits per heavy atom. The van der Waals surface area contributed by atoms with Crippen LogP contribution in [0.3, 0.4) is 0 Å². The van der Waals surface area contributed by atoms with Gasteiger partial charge in [-0.25, -0.2) is 0 Å². The number of ether oxygens (including phenoxy) is 1. The summed E-state index contributed by atoms with van der Waals surface area (Å²) >= 11 is 0. The fraction of sp³-hybridized carbons (Fsp3) is 1.00. The molecule has 2 rings (SSSR count). The largest absolute Gasteiger partial charge is 0.379 e. The molecule has 2 aliphatic heterocycles. The molecule has 2 heterocycles. The number of nitrogens with zero attached hydrogens (tertiary/aromatic N) is 2. The highest BCUT2D eigenvalue weighted by Crippen LogP contribution is 2.24. The molecule has 17 heavy (non-hydrogen) atoms. The Hall–Kier alpha value is -0.160. The van der Waals surface area contributed by atoms with E-state index < -0.39 is 0 Å². The van der Waals surface area contributed by atoms with Crippen LogP contribution in [0.2, 0.25) is 0 Å². The van der Waals surface area contributed by atoms with Crippen molar-refractivity contribution >= 4 is 0 Å². The molecule has 0 aromatic heterocycles. The highest BCUT2D eigenvalue weighted by Gasteiger charge is 2.29. The van der Waals surface area contributed by atoms with Gasteiger partial charge in [-0.3, -0.25) is 4.90 Å². The summed E-state index contributed by atoms with van der Waals surface area (Å²) in [5, 5.41) is 0. The average molecular weight is 241 g/mol. The van der Waals surface area contributed by atoms with Gasteiger partial charge in [-0.05, 0) is 37.9 Å². The molecule has 0 spiro atoms. The van der Waals surface area contributed by atoms with Gasteiger partial charge in [0.1, 0.15) is 0 Å². The van der Waals surface area contributed by atoms with Crippen molar-refractivity contribution in [3.8, 4) is 0 Å². The third kappa shape index (κ3) is 3.65. The summed E-state index contributed by atoms with van der Waals surface area (Å²) in [5.41, 5.74) is 5.98. The summed E-state index contributed by atoms with van der Waals surface area (Å²) in [4.78, 5) is 5.07. The lowest BCUT2D eigenvalue weighted by Gasteiger charge is -2.32. The maximum atomic E-state index is 5.98. The molecule has 100 valence electrons. The Labute approximate surface area is 105 Å². The molecule has 2 saturated heterocycles. The zero-order valence-corrected chi connectivity index (χ0v) is 11.1. The maximum Gasteiger partial charge on any atom is 0.0594 e. The van der Waals surface area contributed by atoms with Gasteiger partial charge in [-0.15, -0.1) is 0 Å². The molecule has 0 bridgehead atoms. The van der Waals surface area contributed by atoms with Crippen molar-refractivity contribution in [3.63, 3.8) is 0 Å². The van der Waals surface area contributed by atoms with Crippen molar-refractivity contribution in [2.45, 2.75) is 13.3 Å². The first-order valence-corrected chi connectivity index (χ1v) is 7.06. The van der Waals surface area contributed by atoms with Crippen molar-refractivity contribution in [1.29, 1.82) is 0 Å². The minimum Gasteiger partial charge on any atom is -0.379 e. The van der Waals surface area contributed by atoms with Gasteiger partial charge in [0.25, 0.3) is 0 Å². The molecule has 2 atom stereocenters. The second-order valence-electron chi connectivity index (χ2n) is 5.35. The highest BCUT2D eigenvalue weighted by atomic mass is 16.5. The quantitative estimate of drug-likeness (QED) is 0.748. The van der Waals surface area contributed by atoms with E-state index in [0.717, 1.165) is 38.8 Å². The summed E-state index contributed by atoms with van der Waals surface area (Å²) in [6.07, 6.45) is 1.33.